The van der Waals surface area contributed by atoms with Crippen molar-refractivity contribution >= 4 is 17.4 Å². The lowest BCUT2D eigenvalue weighted by Gasteiger charge is -2.20. The highest BCUT2D eigenvalue weighted by molar-refractivity contribution is 6.30. The third kappa shape index (κ3) is 2.24. The minimum Gasteiger partial charge on any atom is -0.383 e. The van der Waals surface area contributed by atoms with Gasteiger partial charge in [0, 0.05) is 17.8 Å². The van der Waals surface area contributed by atoms with Gasteiger partial charge in [0.1, 0.15) is 5.82 Å². The molecule has 0 bridgehead atoms. The Bertz CT molecular complexity index is 348. The number of anilines is 1. The number of aromatic nitrogens is 1. The highest BCUT2D eigenvalue weighted by Crippen LogP contribution is 2.36. The van der Waals surface area contributed by atoms with E-state index in [0.29, 0.717) is 16.8 Å². The molecule has 4 heteroatoms. The summed E-state index contributed by atoms with van der Waals surface area (Å²) in [6, 6.07) is 1.83. The quantitative estimate of drug-likeness (QED) is 0.813. The number of halogens is 1. The Kier molecular flexibility index (Phi) is 3.12. The van der Waals surface area contributed by atoms with E-state index in [0.717, 1.165) is 5.56 Å². The van der Waals surface area contributed by atoms with E-state index in [4.69, 9.17) is 23.1 Å². The van der Waals surface area contributed by atoms with Crippen LogP contribution >= 0.6 is 11.6 Å². The Labute approximate surface area is 94.8 Å². The van der Waals surface area contributed by atoms with Crippen molar-refractivity contribution in [3.8, 4) is 0 Å². The largest absolute Gasteiger partial charge is 0.383 e. The third-order valence-corrected chi connectivity index (χ3v) is 3.39. The fraction of sp³-hybridized carbons (Fsp3) is 0.545. The smallest absolute Gasteiger partial charge is 0.128 e. The first kappa shape index (κ1) is 10.7. The molecule has 82 valence electrons. The summed E-state index contributed by atoms with van der Waals surface area (Å²) in [4.78, 5) is 4.04. The van der Waals surface area contributed by atoms with E-state index in [2.05, 4.69) is 4.98 Å². The van der Waals surface area contributed by atoms with Gasteiger partial charge >= 0.3 is 0 Å². The number of hydrogen-bond acceptors (Lipinski definition) is 3. The molecule has 0 saturated heterocycles. The molecule has 1 aromatic rings. The fourth-order valence-corrected chi connectivity index (χ4v) is 2.47. The summed E-state index contributed by atoms with van der Waals surface area (Å²) in [5.74, 6) is 1.05. The van der Waals surface area contributed by atoms with Gasteiger partial charge in [0.05, 0.1) is 5.02 Å². The monoisotopic (exact) mass is 225 g/mol. The second kappa shape index (κ2) is 4.37. The molecule has 4 N–H and O–H groups in total. The van der Waals surface area contributed by atoms with Crippen LogP contribution in [0, 0.1) is 5.92 Å². The van der Waals surface area contributed by atoms with Crippen LogP contribution in [0.25, 0.3) is 0 Å². The van der Waals surface area contributed by atoms with Crippen LogP contribution in [0.3, 0.4) is 0 Å². The zero-order chi connectivity index (χ0) is 10.8. The Morgan fingerprint density at radius 3 is 2.73 bits per heavy atom. The van der Waals surface area contributed by atoms with Gasteiger partial charge in [-0.3, -0.25) is 0 Å². The second-order valence-corrected chi connectivity index (χ2v) is 4.63. The Balaban J connectivity index is 2.23. The van der Waals surface area contributed by atoms with Gasteiger partial charge in [-0.1, -0.05) is 24.4 Å². The number of nitrogen functional groups attached to an aromatic ring is 1. The van der Waals surface area contributed by atoms with E-state index >= 15 is 0 Å². The Morgan fingerprint density at radius 1 is 1.40 bits per heavy atom. The maximum absolute atomic E-state index is 6.19. The molecule has 0 aromatic carbocycles. The summed E-state index contributed by atoms with van der Waals surface area (Å²) in [5, 5.41) is 0.604. The van der Waals surface area contributed by atoms with E-state index in [1.807, 2.05) is 6.07 Å². The highest BCUT2D eigenvalue weighted by atomic mass is 35.5. The van der Waals surface area contributed by atoms with Gasteiger partial charge in [0.2, 0.25) is 0 Å². The van der Waals surface area contributed by atoms with Crippen LogP contribution in [0.5, 0.6) is 0 Å². The highest BCUT2D eigenvalue weighted by Gasteiger charge is 2.25. The molecule has 0 spiro atoms. The van der Waals surface area contributed by atoms with Crippen molar-refractivity contribution in [2.75, 3.05) is 5.73 Å². The Hall–Kier alpha value is -0.800. The molecule has 0 amide bonds. The summed E-state index contributed by atoms with van der Waals surface area (Å²) in [5.41, 5.74) is 12.9. The molecule has 15 heavy (non-hydrogen) atoms. The summed E-state index contributed by atoms with van der Waals surface area (Å²) in [7, 11) is 0. The Morgan fingerprint density at radius 2 is 2.07 bits per heavy atom. The van der Waals surface area contributed by atoms with Gasteiger partial charge in [-0.15, -0.1) is 0 Å². The molecule has 3 nitrogen and oxygen atoms in total. The van der Waals surface area contributed by atoms with Crippen molar-refractivity contribution in [1.29, 1.82) is 0 Å². The van der Waals surface area contributed by atoms with Crippen molar-refractivity contribution in [3.63, 3.8) is 0 Å². The summed E-state index contributed by atoms with van der Waals surface area (Å²) in [6.07, 6.45) is 6.47. The van der Waals surface area contributed by atoms with Gasteiger partial charge in [-0.05, 0) is 24.8 Å². The molecule has 0 radical (unpaired) electrons. The summed E-state index contributed by atoms with van der Waals surface area (Å²) < 4.78 is 0. The third-order valence-electron chi connectivity index (χ3n) is 3.18. The first-order valence-corrected chi connectivity index (χ1v) is 5.73. The number of nitrogens with two attached hydrogens (primary N) is 2. The molecule has 1 unspecified atom stereocenters. The van der Waals surface area contributed by atoms with Crippen molar-refractivity contribution in [2.45, 2.75) is 31.7 Å². The van der Waals surface area contributed by atoms with Crippen LogP contribution in [0.1, 0.15) is 37.3 Å². The van der Waals surface area contributed by atoms with E-state index in [1.54, 1.807) is 6.20 Å². The number of pyridine rings is 1. The summed E-state index contributed by atoms with van der Waals surface area (Å²) in [6.45, 7) is 0. The SMILES string of the molecule is Nc1ncc(Cl)cc1C(N)C1CCCC1. The lowest BCUT2D eigenvalue weighted by molar-refractivity contribution is 0.445. The zero-order valence-corrected chi connectivity index (χ0v) is 9.37. The van der Waals surface area contributed by atoms with Crippen LogP contribution in [0.15, 0.2) is 12.3 Å². The molecule has 1 saturated carbocycles. The molecular weight excluding hydrogens is 210 g/mol. The van der Waals surface area contributed by atoms with Crippen LogP contribution in [-0.4, -0.2) is 4.98 Å². The maximum Gasteiger partial charge on any atom is 0.128 e. The molecule has 1 aliphatic rings. The normalized spacial score (nSPS) is 19.3. The molecule has 1 aliphatic carbocycles. The minimum atomic E-state index is -0.0151. The van der Waals surface area contributed by atoms with E-state index < -0.39 is 0 Å². The minimum absolute atomic E-state index is 0.0151. The molecule has 1 aromatic heterocycles. The molecule has 0 aliphatic heterocycles. The van der Waals surface area contributed by atoms with E-state index in [1.165, 1.54) is 25.7 Å². The standard InChI is InChI=1S/C11H16ClN3/c12-8-5-9(11(14)15-6-8)10(13)7-3-1-2-4-7/h5-7,10H,1-4,13H2,(H2,14,15). The second-order valence-electron chi connectivity index (χ2n) is 4.20. The van der Waals surface area contributed by atoms with E-state index in [-0.39, 0.29) is 6.04 Å². The average molecular weight is 226 g/mol. The number of nitrogens with zero attached hydrogens (tertiary/aromatic N) is 1. The van der Waals surface area contributed by atoms with Crippen LogP contribution in [0.2, 0.25) is 5.02 Å². The first-order valence-electron chi connectivity index (χ1n) is 5.35. The van der Waals surface area contributed by atoms with Crippen LogP contribution in [0.4, 0.5) is 5.82 Å². The van der Waals surface area contributed by atoms with Crippen LogP contribution in [-0.2, 0) is 0 Å². The molecule has 1 fully saturated rings. The molecular formula is C11H16ClN3. The zero-order valence-electron chi connectivity index (χ0n) is 8.62. The predicted molar refractivity (Wildman–Crippen MR) is 62.5 cm³/mol. The maximum atomic E-state index is 6.19. The number of hydrogen-bond donors (Lipinski definition) is 2. The fourth-order valence-electron chi connectivity index (χ4n) is 2.30. The lowest BCUT2D eigenvalue weighted by Crippen LogP contribution is -2.20. The van der Waals surface area contributed by atoms with Gasteiger partial charge in [0.15, 0.2) is 0 Å². The van der Waals surface area contributed by atoms with E-state index in [9.17, 15) is 0 Å². The van der Waals surface area contributed by atoms with Gasteiger partial charge in [-0.25, -0.2) is 4.98 Å². The average Bonchev–Trinajstić information content (AvgIpc) is 2.74. The van der Waals surface area contributed by atoms with Crippen molar-refractivity contribution in [3.05, 3.63) is 22.8 Å². The summed E-state index contributed by atoms with van der Waals surface area (Å²) >= 11 is 5.89. The van der Waals surface area contributed by atoms with Gasteiger partial charge in [-0.2, -0.15) is 0 Å². The van der Waals surface area contributed by atoms with Gasteiger partial charge < -0.3 is 11.5 Å². The van der Waals surface area contributed by atoms with Crippen molar-refractivity contribution in [1.82, 2.24) is 4.98 Å². The van der Waals surface area contributed by atoms with Crippen molar-refractivity contribution < 1.29 is 0 Å². The number of rotatable bonds is 2. The van der Waals surface area contributed by atoms with Gasteiger partial charge in [0.25, 0.3) is 0 Å². The first-order chi connectivity index (χ1) is 7.18. The molecule has 1 heterocycles. The van der Waals surface area contributed by atoms with Crippen molar-refractivity contribution in [2.24, 2.45) is 11.7 Å². The molecule has 1 atom stereocenters. The van der Waals surface area contributed by atoms with Crippen LogP contribution < -0.4 is 11.5 Å². The predicted octanol–water partition coefficient (Wildman–Crippen LogP) is 2.51. The lowest BCUT2D eigenvalue weighted by atomic mass is 9.93. The molecule has 2 rings (SSSR count). The topological polar surface area (TPSA) is 64.9 Å².